The number of ether oxygens (including phenoxy) is 2. The van der Waals surface area contributed by atoms with E-state index in [1.54, 1.807) is 0 Å². The van der Waals surface area contributed by atoms with Gasteiger partial charge in [0.25, 0.3) is 0 Å². The first kappa shape index (κ1) is 23.9. The molecule has 0 unspecified atom stereocenters. The Balaban J connectivity index is 2.08. The summed E-state index contributed by atoms with van der Waals surface area (Å²) in [6, 6.07) is 18.6. The van der Waals surface area contributed by atoms with Crippen molar-refractivity contribution in [3.05, 3.63) is 93.9 Å². The van der Waals surface area contributed by atoms with Crippen LogP contribution in [0.2, 0.25) is 0 Å². The standard InChI is InChI=1S/C24H23NO7S/c1-15-19(31-23(28)30-15)14-24(21(27)29-3,25-16(2)26)22(33)32-20(17-10-6-4-7-11-17)18-12-8-5-9-13-18/h4-13,20H,14H2,1-3H3,(H,25,26)/t24-/m1/s1. The molecule has 172 valence electrons. The molecule has 0 fully saturated rings. The molecule has 0 spiro atoms. The van der Waals surface area contributed by atoms with Crippen molar-refractivity contribution in [1.82, 2.24) is 5.32 Å². The molecule has 8 nitrogen and oxygen atoms in total. The number of esters is 1. The van der Waals surface area contributed by atoms with Crippen molar-refractivity contribution in [2.75, 3.05) is 7.11 Å². The van der Waals surface area contributed by atoms with Crippen LogP contribution in [0, 0.1) is 6.92 Å². The third kappa shape index (κ3) is 5.38. The molecule has 33 heavy (non-hydrogen) atoms. The van der Waals surface area contributed by atoms with Crippen LogP contribution in [0.4, 0.5) is 0 Å². The number of carbonyl (C=O) groups excluding carboxylic acids is 2. The van der Waals surface area contributed by atoms with E-state index in [-0.39, 0.29) is 23.0 Å². The first-order valence-electron chi connectivity index (χ1n) is 10.0. The van der Waals surface area contributed by atoms with Crippen molar-refractivity contribution in [3.8, 4) is 0 Å². The SMILES string of the molecule is COC(=O)[C@@](Cc1oc(=O)oc1C)(NC(C)=O)C(=S)OC(c1ccccc1)c1ccccc1. The van der Waals surface area contributed by atoms with Gasteiger partial charge >= 0.3 is 11.8 Å². The van der Waals surface area contributed by atoms with Crippen molar-refractivity contribution >= 4 is 29.1 Å². The van der Waals surface area contributed by atoms with Gasteiger partial charge in [0.05, 0.1) is 13.5 Å². The number of nitrogens with one attached hydrogen (secondary N) is 1. The van der Waals surface area contributed by atoms with Crippen LogP contribution in [-0.2, 0) is 25.5 Å². The largest absolute Gasteiger partial charge is 0.519 e. The molecule has 0 saturated carbocycles. The zero-order chi connectivity index (χ0) is 24.0. The summed E-state index contributed by atoms with van der Waals surface area (Å²) < 4.78 is 21.2. The zero-order valence-electron chi connectivity index (χ0n) is 18.3. The quantitative estimate of drug-likeness (QED) is 0.396. The summed E-state index contributed by atoms with van der Waals surface area (Å²) in [5, 5.41) is 2.29. The number of hydrogen-bond acceptors (Lipinski definition) is 8. The van der Waals surface area contributed by atoms with E-state index in [0.29, 0.717) is 0 Å². The summed E-state index contributed by atoms with van der Waals surface area (Å²) in [6.45, 7) is 2.72. The van der Waals surface area contributed by atoms with Crippen molar-refractivity contribution in [2.45, 2.75) is 31.9 Å². The van der Waals surface area contributed by atoms with Crippen molar-refractivity contribution in [2.24, 2.45) is 0 Å². The summed E-state index contributed by atoms with van der Waals surface area (Å²) in [5.74, 6) is -2.22. The Labute approximate surface area is 195 Å². The molecule has 0 radical (unpaired) electrons. The van der Waals surface area contributed by atoms with E-state index in [1.807, 2.05) is 60.7 Å². The Morgan fingerprint density at radius 2 is 1.58 bits per heavy atom. The fourth-order valence-electron chi connectivity index (χ4n) is 3.42. The van der Waals surface area contributed by atoms with Gasteiger partial charge in [-0.15, -0.1) is 0 Å². The Morgan fingerprint density at radius 1 is 1.03 bits per heavy atom. The number of carbonyl (C=O) groups is 2. The topological polar surface area (TPSA) is 108 Å². The van der Waals surface area contributed by atoms with Crippen molar-refractivity contribution in [1.29, 1.82) is 0 Å². The second-order valence-corrected chi connectivity index (χ2v) is 7.67. The van der Waals surface area contributed by atoms with E-state index < -0.39 is 29.3 Å². The van der Waals surface area contributed by atoms with Crippen LogP contribution >= 0.6 is 12.2 Å². The number of benzene rings is 2. The van der Waals surface area contributed by atoms with Gasteiger partial charge in [0, 0.05) is 6.92 Å². The molecule has 0 bridgehead atoms. The second kappa shape index (κ2) is 10.3. The minimum atomic E-state index is -1.96. The molecule has 0 aliphatic carbocycles. The molecule has 1 amide bonds. The minimum Gasteiger partial charge on any atom is -0.471 e. The molecular weight excluding hydrogens is 446 g/mol. The third-order valence-corrected chi connectivity index (χ3v) is 5.41. The van der Waals surface area contributed by atoms with Gasteiger partial charge in [-0.25, -0.2) is 9.59 Å². The van der Waals surface area contributed by atoms with Crippen molar-refractivity contribution in [3.63, 3.8) is 0 Å². The number of rotatable bonds is 8. The fourth-order valence-corrected chi connectivity index (χ4v) is 3.72. The van der Waals surface area contributed by atoms with E-state index in [0.717, 1.165) is 18.2 Å². The van der Waals surface area contributed by atoms with Crippen LogP contribution in [0.3, 0.4) is 0 Å². The summed E-state index contributed by atoms with van der Waals surface area (Å²) >= 11 is 5.59. The Morgan fingerprint density at radius 3 is 2.00 bits per heavy atom. The van der Waals surface area contributed by atoms with Crippen LogP contribution in [0.5, 0.6) is 0 Å². The van der Waals surface area contributed by atoms with Gasteiger partial charge in [-0.1, -0.05) is 60.7 Å². The lowest BCUT2D eigenvalue weighted by molar-refractivity contribution is -0.148. The van der Waals surface area contributed by atoms with Gasteiger partial charge in [0.15, 0.2) is 10.8 Å². The molecule has 2 aromatic carbocycles. The highest BCUT2D eigenvalue weighted by Gasteiger charge is 2.49. The first-order chi connectivity index (χ1) is 15.8. The average Bonchev–Trinajstić information content (AvgIpc) is 3.13. The summed E-state index contributed by atoms with van der Waals surface area (Å²) in [4.78, 5) is 36.7. The Bertz CT molecular complexity index is 1150. The van der Waals surface area contributed by atoms with Crippen molar-refractivity contribution < 1.29 is 27.9 Å². The highest BCUT2D eigenvalue weighted by Crippen LogP contribution is 2.30. The zero-order valence-corrected chi connectivity index (χ0v) is 19.1. The maximum atomic E-state index is 13.0. The van der Waals surface area contributed by atoms with Crippen LogP contribution in [0.1, 0.15) is 35.7 Å². The van der Waals surface area contributed by atoms with Gasteiger partial charge in [0.2, 0.25) is 11.4 Å². The molecule has 9 heteroatoms. The van der Waals surface area contributed by atoms with E-state index in [2.05, 4.69) is 5.32 Å². The summed E-state index contributed by atoms with van der Waals surface area (Å²) in [5.41, 5.74) is -0.403. The third-order valence-electron chi connectivity index (χ3n) is 4.96. The van der Waals surface area contributed by atoms with Crippen LogP contribution < -0.4 is 11.1 Å². The maximum Gasteiger partial charge on any atom is 0.519 e. The highest BCUT2D eigenvalue weighted by molar-refractivity contribution is 7.80. The molecule has 0 aliphatic rings. The monoisotopic (exact) mass is 469 g/mol. The van der Waals surface area contributed by atoms with Gasteiger partial charge < -0.3 is 23.6 Å². The first-order valence-corrected chi connectivity index (χ1v) is 10.4. The smallest absolute Gasteiger partial charge is 0.471 e. The lowest BCUT2D eigenvalue weighted by Gasteiger charge is -2.33. The van der Waals surface area contributed by atoms with Gasteiger partial charge in [0.1, 0.15) is 11.9 Å². The average molecular weight is 470 g/mol. The molecule has 0 saturated heterocycles. The van der Waals surface area contributed by atoms with Crippen LogP contribution in [-0.4, -0.2) is 29.6 Å². The van der Waals surface area contributed by atoms with Crippen LogP contribution in [0.15, 0.2) is 74.3 Å². The Kier molecular flexibility index (Phi) is 7.44. The normalized spacial score (nSPS) is 12.6. The number of methoxy groups -OCH3 is 1. The van der Waals surface area contributed by atoms with E-state index in [9.17, 15) is 14.4 Å². The van der Waals surface area contributed by atoms with Gasteiger partial charge in [-0.2, -0.15) is 0 Å². The number of amides is 1. The van der Waals surface area contributed by atoms with Gasteiger partial charge in [-0.05, 0) is 30.3 Å². The maximum absolute atomic E-state index is 13.0. The predicted octanol–water partition coefficient (Wildman–Crippen LogP) is 3.27. The molecule has 3 aromatic rings. The molecule has 3 rings (SSSR count). The summed E-state index contributed by atoms with van der Waals surface area (Å²) in [7, 11) is 1.16. The molecular formula is C24H23NO7S. The Hall–Kier alpha value is -3.72. The second-order valence-electron chi connectivity index (χ2n) is 7.30. The van der Waals surface area contributed by atoms with E-state index in [1.165, 1.54) is 13.8 Å². The number of aryl methyl sites for hydroxylation is 1. The molecule has 1 heterocycles. The molecule has 1 N–H and O–H groups in total. The fraction of sp³-hybridized carbons (Fsp3) is 0.250. The molecule has 1 aromatic heterocycles. The predicted molar refractivity (Wildman–Crippen MR) is 123 cm³/mol. The van der Waals surface area contributed by atoms with E-state index in [4.69, 9.17) is 30.5 Å². The lowest BCUT2D eigenvalue weighted by atomic mass is 9.93. The van der Waals surface area contributed by atoms with Crippen LogP contribution in [0.25, 0.3) is 0 Å². The molecule has 1 atom stereocenters. The van der Waals surface area contributed by atoms with Gasteiger partial charge in [-0.3, -0.25) is 4.79 Å². The van der Waals surface area contributed by atoms with E-state index >= 15 is 0 Å². The number of thiocarbonyl (C=S) groups is 1. The highest BCUT2D eigenvalue weighted by atomic mass is 32.1. The molecule has 0 aliphatic heterocycles. The lowest BCUT2D eigenvalue weighted by Crippen LogP contribution is -2.62. The summed E-state index contributed by atoms with van der Waals surface area (Å²) in [6.07, 6.45) is -1.03. The number of hydrogen-bond donors (Lipinski definition) is 1. The minimum absolute atomic E-state index is 0.0288.